The minimum Gasteiger partial charge on any atom is -0.445 e. The Hall–Kier alpha value is -1.97. The average molecular weight is 350 g/mol. The molecule has 0 fully saturated rings. The molecule has 0 aliphatic rings. The zero-order valence-electron chi connectivity index (χ0n) is 12.5. The topological polar surface area (TPSA) is 38.3 Å². The zero-order valence-corrected chi connectivity index (χ0v) is 14.0. The highest BCUT2D eigenvalue weighted by Crippen LogP contribution is 2.23. The van der Waals surface area contributed by atoms with E-state index in [1.807, 2.05) is 48.6 Å². The standard InChI is InChI=1S/C18H17Cl2NO2/c19-16-10-9-14(12-17(16)20)6-4-5-11-21-18(22)23-13-15-7-2-1-3-8-15/h1-4,6-10,12H,5,11,13H2,(H,21,22). The predicted molar refractivity (Wildman–Crippen MR) is 94.7 cm³/mol. The third kappa shape index (κ3) is 6.35. The summed E-state index contributed by atoms with van der Waals surface area (Å²) in [4.78, 5) is 11.5. The molecule has 0 bridgehead atoms. The number of hydrogen-bond acceptors (Lipinski definition) is 2. The van der Waals surface area contributed by atoms with Gasteiger partial charge in [-0.25, -0.2) is 4.79 Å². The van der Waals surface area contributed by atoms with E-state index < -0.39 is 6.09 Å². The Morgan fingerprint density at radius 1 is 1.09 bits per heavy atom. The number of alkyl carbamates (subject to hydrolysis) is 1. The first-order chi connectivity index (χ1) is 11.1. The summed E-state index contributed by atoms with van der Waals surface area (Å²) < 4.78 is 5.12. The van der Waals surface area contributed by atoms with E-state index in [-0.39, 0.29) is 6.61 Å². The van der Waals surface area contributed by atoms with Crippen LogP contribution in [0.25, 0.3) is 6.08 Å². The number of ether oxygens (including phenoxy) is 1. The van der Waals surface area contributed by atoms with Gasteiger partial charge in [0.1, 0.15) is 6.61 Å². The van der Waals surface area contributed by atoms with Crippen LogP contribution < -0.4 is 5.32 Å². The normalized spacial score (nSPS) is 10.7. The summed E-state index contributed by atoms with van der Waals surface area (Å²) in [5, 5.41) is 3.76. The van der Waals surface area contributed by atoms with E-state index in [1.165, 1.54) is 0 Å². The first-order valence-corrected chi connectivity index (χ1v) is 7.97. The fraction of sp³-hybridized carbons (Fsp3) is 0.167. The lowest BCUT2D eigenvalue weighted by Crippen LogP contribution is -2.24. The van der Waals surface area contributed by atoms with E-state index in [9.17, 15) is 4.79 Å². The van der Waals surface area contributed by atoms with Gasteiger partial charge in [-0.2, -0.15) is 0 Å². The highest BCUT2D eigenvalue weighted by atomic mass is 35.5. The number of benzene rings is 2. The van der Waals surface area contributed by atoms with E-state index in [0.29, 0.717) is 23.0 Å². The summed E-state index contributed by atoms with van der Waals surface area (Å²) in [6, 6.07) is 15.0. The molecule has 0 unspecified atom stereocenters. The predicted octanol–water partition coefficient (Wildman–Crippen LogP) is 5.32. The summed E-state index contributed by atoms with van der Waals surface area (Å²) in [6.07, 6.45) is 4.16. The summed E-state index contributed by atoms with van der Waals surface area (Å²) >= 11 is 11.8. The van der Waals surface area contributed by atoms with Crippen molar-refractivity contribution in [3.63, 3.8) is 0 Å². The first kappa shape index (κ1) is 17.4. The Morgan fingerprint density at radius 2 is 1.87 bits per heavy atom. The smallest absolute Gasteiger partial charge is 0.407 e. The molecule has 5 heteroatoms. The van der Waals surface area contributed by atoms with Crippen LogP contribution in [-0.4, -0.2) is 12.6 Å². The van der Waals surface area contributed by atoms with Gasteiger partial charge in [0.25, 0.3) is 0 Å². The van der Waals surface area contributed by atoms with Crippen LogP contribution in [0.15, 0.2) is 54.6 Å². The number of hydrogen-bond donors (Lipinski definition) is 1. The second kappa shape index (κ2) is 9.23. The van der Waals surface area contributed by atoms with Crippen LogP contribution in [-0.2, 0) is 11.3 Å². The van der Waals surface area contributed by atoms with Crippen molar-refractivity contribution >= 4 is 35.4 Å². The molecule has 2 rings (SSSR count). The molecular weight excluding hydrogens is 333 g/mol. The third-order valence-corrected chi connectivity index (χ3v) is 3.79. The van der Waals surface area contributed by atoms with Crippen molar-refractivity contribution in [3.8, 4) is 0 Å². The quantitative estimate of drug-likeness (QED) is 0.716. The number of carbonyl (C=O) groups is 1. The number of nitrogens with one attached hydrogen (secondary N) is 1. The first-order valence-electron chi connectivity index (χ1n) is 7.21. The van der Waals surface area contributed by atoms with Crippen LogP contribution in [0.4, 0.5) is 4.79 Å². The molecule has 0 saturated carbocycles. The minimum absolute atomic E-state index is 0.270. The van der Waals surface area contributed by atoms with Crippen LogP contribution >= 0.6 is 23.2 Å². The monoisotopic (exact) mass is 349 g/mol. The van der Waals surface area contributed by atoms with Gasteiger partial charge in [-0.15, -0.1) is 0 Å². The molecule has 1 N–H and O–H groups in total. The lowest BCUT2D eigenvalue weighted by Gasteiger charge is -2.05. The SMILES string of the molecule is O=C(NCCC=Cc1ccc(Cl)c(Cl)c1)OCc1ccccc1. The molecule has 0 aromatic heterocycles. The molecule has 0 spiro atoms. The summed E-state index contributed by atoms with van der Waals surface area (Å²) in [5.41, 5.74) is 1.92. The summed E-state index contributed by atoms with van der Waals surface area (Å²) in [7, 11) is 0. The lowest BCUT2D eigenvalue weighted by atomic mass is 10.2. The van der Waals surface area contributed by atoms with Crippen LogP contribution in [0.1, 0.15) is 17.5 Å². The molecule has 0 aliphatic carbocycles. The highest BCUT2D eigenvalue weighted by molar-refractivity contribution is 6.42. The molecule has 2 aromatic rings. The van der Waals surface area contributed by atoms with Crippen molar-refractivity contribution in [3.05, 3.63) is 75.8 Å². The number of carbonyl (C=O) groups excluding carboxylic acids is 1. The van der Waals surface area contributed by atoms with Crippen LogP contribution in [0, 0.1) is 0 Å². The maximum Gasteiger partial charge on any atom is 0.407 e. The molecule has 0 aliphatic heterocycles. The van der Waals surface area contributed by atoms with E-state index in [1.54, 1.807) is 12.1 Å². The summed E-state index contributed by atoms with van der Waals surface area (Å²) in [5.74, 6) is 0. The Bertz CT molecular complexity index is 672. The van der Waals surface area contributed by atoms with Gasteiger partial charge in [0.2, 0.25) is 0 Å². The third-order valence-electron chi connectivity index (χ3n) is 3.05. The maximum absolute atomic E-state index is 11.5. The van der Waals surface area contributed by atoms with E-state index in [2.05, 4.69) is 5.32 Å². The van der Waals surface area contributed by atoms with E-state index >= 15 is 0 Å². The van der Waals surface area contributed by atoms with Gasteiger partial charge >= 0.3 is 6.09 Å². The molecular formula is C18H17Cl2NO2. The van der Waals surface area contributed by atoms with Crippen molar-refractivity contribution in [1.82, 2.24) is 5.32 Å². The van der Waals surface area contributed by atoms with Crippen molar-refractivity contribution in [2.45, 2.75) is 13.0 Å². The molecule has 0 saturated heterocycles. The molecule has 0 atom stereocenters. The second-order valence-electron chi connectivity index (χ2n) is 4.85. The zero-order chi connectivity index (χ0) is 16.5. The summed E-state index contributed by atoms with van der Waals surface area (Å²) in [6.45, 7) is 0.775. The second-order valence-corrected chi connectivity index (χ2v) is 5.67. The lowest BCUT2D eigenvalue weighted by molar-refractivity contribution is 0.140. The fourth-order valence-corrected chi connectivity index (χ4v) is 2.17. The number of halogens is 2. The van der Waals surface area contributed by atoms with Crippen molar-refractivity contribution in [2.75, 3.05) is 6.54 Å². The van der Waals surface area contributed by atoms with Gasteiger partial charge in [0, 0.05) is 6.54 Å². The van der Waals surface area contributed by atoms with Crippen LogP contribution in [0.5, 0.6) is 0 Å². The van der Waals surface area contributed by atoms with Gasteiger partial charge in [0.15, 0.2) is 0 Å². The Kier molecular flexibility index (Phi) is 6.98. The number of rotatable bonds is 6. The van der Waals surface area contributed by atoms with Crippen molar-refractivity contribution < 1.29 is 9.53 Å². The minimum atomic E-state index is -0.420. The average Bonchev–Trinajstić information content (AvgIpc) is 2.57. The molecule has 3 nitrogen and oxygen atoms in total. The van der Waals surface area contributed by atoms with E-state index in [4.69, 9.17) is 27.9 Å². The van der Waals surface area contributed by atoms with Crippen molar-refractivity contribution in [2.24, 2.45) is 0 Å². The van der Waals surface area contributed by atoms with Gasteiger partial charge in [-0.1, -0.05) is 71.8 Å². The Morgan fingerprint density at radius 3 is 2.61 bits per heavy atom. The van der Waals surface area contributed by atoms with Crippen LogP contribution in [0.3, 0.4) is 0 Å². The largest absolute Gasteiger partial charge is 0.445 e. The van der Waals surface area contributed by atoms with E-state index in [0.717, 1.165) is 11.1 Å². The molecule has 2 aromatic carbocycles. The molecule has 23 heavy (non-hydrogen) atoms. The van der Waals surface area contributed by atoms with Crippen LogP contribution in [0.2, 0.25) is 10.0 Å². The van der Waals surface area contributed by atoms with Gasteiger partial charge in [0.05, 0.1) is 10.0 Å². The number of amides is 1. The molecule has 0 heterocycles. The van der Waals surface area contributed by atoms with Gasteiger partial charge in [-0.3, -0.25) is 0 Å². The van der Waals surface area contributed by atoms with Gasteiger partial charge in [-0.05, 0) is 29.7 Å². The van der Waals surface area contributed by atoms with Gasteiger partial charge < -0.3 is 10.1 Å². The Balaban J connectivity index is 1.65. The molecule has 0 radical (unpaired) electrons. The maximum atomic E-state index is 11.5. The Labute approximate surface area is 145 Å². The molecule has 1 amide bonds. The molecule has 120 valence electrons. The van der Waals surface area contributed by atoms with Crippen molar-refractivity contribution in [1.29, 1.82) is 0 Å². The highest BCUT2D eigenvalue weighted by Gasteiger charge is 2.01. The fourth-order valence-electron chi connectivity index (χ4n) is 1.87.